The van der Waals surface area contributed by atoms with Crippen molar-refractivity contribution < 1.29 is 4.84 Å². The van der Waals surface area contributed by atoms with E-state index in [2.05, 4.69) is 31.3 Å². The van der Waals surface area contributed by atoms with Gasteiger partial charge >= 0.3 is 0 Å². The summed E-state index contributed by atoms with van der Waals surface area (Å²) in [5, 5.41) is 3.75. The van der Waals surface area contributed by atoms with Crippen LogP contribution >= 0.6 is 0 Å². The lowest BCUT2D eigenvalue weighted by atomic mass is 10.1. The summed E-state index contributed by atoms with van der Waals surface area (Å²) in [6.07, 6.45) is 4.74. The zero-order valence-electron chi connectivity index (χ0n) is 8.79. The summed E-state index contributed by atoms with van der Waals surface area (Å²) in [6, 6.07) is 8.14. The number of aryl methyl sites for hydroxylation is 1. The molecular formula is C12H16NO. The van der Waals surface area contributed by atoms with E-state index in [1.807, 2.05) is 18.2 Å². The molecule has 0 saturated carbocycles. The van der Waals surface area contributed by atoms with Gasteiger partial charge in [-0.2, -0.15) is 0 Å². The third-order valence-corrected chi connectivity index (χ3v) is 1.97. The van der Waals surface area contributed by atoms with Gasteiger partial charge in [0.05, 0.1) is 0 Å². The molecule has 1 aromatic carbocycles. The lowest BCUT2D eigenvalue weighted by Crippen LogP contribution is -1.90. The number of hydrogen-bond acceptors (Lipinski definition) is 2. The monoisotopic (exact) mass is 190 g/mol. The van der Waals surface area contributed by atoms with Gasteiger partial charge in [0.15, 0.2) is 0 Å². The number of hydrogen-bond donors (Lipinski definition) is 0. The minimum absolute atomic E-state index is 0.531. The quantitative estimate of drug-likeness (QED) is 0.516. The Morgan fingerprint density at radius 1 is 1.36 bits per heavy atom. The molecule has 0 atom stereocenters. The molecule has 2 heteroatoms. The molecule has 0 aliphatic heterocycles. The number of nitrogens with zero attached hydrogens (tertiary/aromatic N) is 1. The van der Waals surface area contributed by atoms with E-state index >= 15 is 0 Å². The molecule has 1 aromatic rings. The topological polar surface area (TPSA) is 21.6 Å². The molecule has 0 aliphatic rings. The van der Waals surface area contributed by atoms with Gasteiger partial charge in [0.2, 0.25) is 0 Å². The van der Waals surface area contributed by atoms with Gasteiger partial charge in [0.1, 0.15) is 12.8 Å². The first-order valence-electron chi connectivity index (χ1n) is 4.94. The van der Waals surface area contributed by atoms with Crippen molar-refractivity contribution in [3.8, 4) is 0 Å². The van der Waals surface area contributed by atoms with Crippen molar-refractivity contribution in [1.82, 2.24) is 0 Å². The average Bonchev–Trinajstić information content (AvgIpc) is 2.20. The summed E-state index contributed by atoms with van der Waals surface area (Å²) >= 11 is 0. The van der Waals surface area contributed by atoms with Crippen molar-refractivity contribution in [3.63, 3.8) is 0 Å². The molecular weight excluding hydrogens is 174 g/mol. The predicted octanol–water partition coefficient (Wildman–Crippen LogP) is 3.17. The maximum absolute atomic E-state index is 5.12. The minimum atomic E-state index is 0.531. The highest BCUT2D eigenvalue weighted by atomic mass is 16.6. The number of unbranched alkanes of at least 4 members (excludes halogenated alkanes) is 1. The molecule has 0 amide bonds. The second-order valence-corrected chi connectivity index (χ2v) is 3.20. The molecule has 1 rings (SSSR count). The van der Waals surface area contributed by atoms with E-state index in [4.69, 9.17) is 4.84 Å². The average molecular weight is 190 g/mol. The van der Waals surface area contributed by atoms with E-state index in [0.717, 1.165) is 12.8 Å². The molecule has 0 heterocycles. The van der Waals surface area contributed by atoms with E-state index in [1.165, 1.54) is 11.1 Å². The largest absolute Gasteiger partial charge is 0.391 e. The van der Waals surface area contributed by atoms with Crippen LogP contribution in [-0.4, -0.2) is 6.21 Å². The fraction of sp³-hybridized carbons (Fsp3) is 0.417. The van der Waals surface area contributed by atoms with Crippen LogP contribution in [0.5, 0.6) is 0 Å². The van der Waals surface area contributed by atoms with Crippen LogP contribution in [0.25, 0.3) is 0 Å². The summed E-state index contributed by atoms with van der Waals surface area (Å²) in [4.78, 5) is 5.12. The first kappa shape index (κ1) is 10.8. The van der Waals surface area contributed by atoms with Gasteiger partial charge in [-0.05, 0) is 24.5 Å². The second-order valence-electron chi connectivity index (χ2n) is 3.20. The minimum Gasteiger partial charge on any atom is -0.391 e. The second kappa shape index (κ2) is 6.19. The molecule has 75 valence electrons. The van der Waals surface area contributed by atoms with Crippen molar-refractivity contribution in [2.24, 2.45) is 5.16 Å². The van der Waals surface area contributed by atoms with Gasteiger partial charge in [-0.1, -0.05) is 42.8 Å². The SMILES string of the molecule is CCC/[C]=N/OCc1ccccc1C. The van der Waals surface area contributed by atoms with Gasteiger partial charge < -0.3 is 4.84 Å². The van der Waals surface area contributed by atoms with E-state index in [-0.39, 0.29) is 0 Å². The van der Waals surface area contributed by atoms with E-state index in [1.54, 1.807) is 0 Å². The summed E-state index contributed by atoms with van der Waals surface area (Å²) in [7, 11) is 0. The molecule has 0 unspecified atom stereocenters. The van der Waals surface area contributed by atoms with Gasteiger partial charge in [0.25, 0.3) is 0 Å². The fourth-order valence-electron chi connectivity index (χ4n) is 1.08. The summed E-state index contributed by atoms with van der Waals surface area (Å²) in [6.45, 7) is 4.69. The van der Waals surface area contributed by atoms with E-state index < -0.39 is 0 Å². The van der Waals surface area contributed by atoms with Crippen LogP contribution in [0.4, 0.5) is 0 Å². The molecule has 0 N–H and O–H groups in total. The number of rotatable bonds is 5. The Bertz CT molecular complexity index is 294. The molecule has 0 aromatic heterocycles. The Morgan fingerprint density at radius 3 is 2.86 bits per heavy atom. The lowest BCUT2D eigenvalue weighted by molar-refractivity contribution is 0.131. The standard InChI is InChI=1S/C12H16NO/c1-3-4-9-13-14-10-12-8-6-5-7-11(12)2/h5-8H,3-4,10H2,1-2H3. The van der Waals surface area contributed by atoms with Crippen LogP contribution in [0.1, 0.15) is 30.9 Å². The van der Waals surface area contributed by atoms with Crippen molar-refractivity contribution in [3.05, 3.63) is 35.4 Å². The molecule has 0 aliphatic carbocycles. The van der Waals surface area contributed by atoms with Crippen LogP contribution < -0.4 is 0 Å². The molecule has 0 fully saturated rings. The molecule has 0 spiro atoms. The summed E-state index contributed by atoms with van der Waals surface area (Å²) in [5.74, 6) is 0. The van der Waals surface area contributed by atoms with Crippen LogP contribution in [0.15, 0.2) is 29.4 Å². The van der Waals surface area contributed by atoms with Gasteiger partial charge in [0, 0.05) is 0 Å². The first-order chi connectivity index (χ1) is 6.84. The predicted molar refractivity (Wildman–Crippen MR) is 58.3 cm³/mol. The highest BCUT2D eigenvalue weighted by molar-refractivity contribution is 5.55. The van der Waals surface area contributed by atoms with Crippen LogP contribution in [0, 0.1) is 6.92 Å². The Hall–Kier alpha value is -1.31. The van der Waals surface area contributed by atoms with E-state index in [9.17, 15) is 0 Å². The Kier molecular flexibility index (Phi) is 4.76. The molecule has 2 nitrogen and oxygen atoms in total. The third-order valence-electron chi connectivity index (χ3n) is 1.97. The summed E-state index contributed by atoms with van der Waals surface area (Å²) < 4.78 is 0. The van der Waals surface area contributed by atoms with Crippen LogP contribution in [-0.2, 0) is 11.4 Å². The first-order valence-corrected chi connectivity index (χ1v) is 4.94. The van der Waals surface area contributed by atoms with Gasteiger partial charge in [-0.3, -0.25) is 0 Å². The highest BCUT2D eigenvalue weighted by Crippen LogP contribution is 2.07. The molecule has 14 heavy (non-hydrogen) atoms. The normalized spacial score (nSPS) is 10.7. The zero-order chi connectivity index (χ0) is 10.2. The third kappa shape index (κ3) is 3.60. The van der Waals surface area contributed by atoms with E-state index in [0.29, 0.717) is 6.61 Å². The van der Waals surface area contributed by atoms with Crippen molar-refractivity contribution in [2.75, 3.05) is 0 Å². The van der Waals surface area contributed by atoms with Gasteiger partial charge in [-0.15, -0.1) is 0 Å². The Morgan fingerprint density at radius 2 is 2.14 bits per heavy atom. The smallest absolute Gasteiger partial charge is 0.142 e. The fourth-order valence-corrected chi connectivity index (χ4v) is 1.08. The maximum Gasteiger partial charge on any atom is 0.142 e. The zero-order valence-corrected chi connectivity index (χ0v) is 8.79. The van der Waals surface area contributed by atoms with Crippen LogP contribution in [0.2, 0.25) is 0 Å². The lowest BCUT2D eigenvalue weighted by Gasteiger charge is -2.02. The van der Waals surface area contributed by atoms with Crippen LogP contribution in [0.3, 0.4) is 0 Å². The maximum atomic E-state index is 5.12. The Labute approximate surface area is 85.6 Å². The summed E-state index contributed by atoms with van der Waals surface area (Å²) in [5.41, 5.74) is 2.41. The van der Waals surface area contributed by atoms with Crippen molar-refractivity contribution in [2.45, 2.75) is 33.3 Å². The van der Waals surface area contributed by atoms with Crippen molar-refractivity contribution >= 4 is 6.21 Å². The molecule has 0 bridgehead atoms. The van der Waals surface area contributed by atoms with Crippen molar-refractivity contribution in [1.29, 1.82) is 0 Å². The Balaban J connectivity index is 2.35. The highest BCUT2D eigenvalue weighted by Gasteiger charge is 1.95. The van der Waals surface area contributed by atoms with Gasteiger partial charge in [-0.25, -0.2) is 0 Å². The number of benzene rings is 1. The molecule has 1 radical (unpaired) electrons. The molecule has 0 saturated heterocycles.